The Labute approximate surface area is 160 Å². The number of halogens is 3. The van der Waals surface area contributed by atoms with Crippen molar-refractivity contribution >= 4 is 11.6 Å². The maximum Gasteiger partial charge on any atom is 0.416 e. The quantitative estimate of drug-likeness (QED) is 0.680. The molecule has 0 aliphatic heterocycles. The van der Waals surface area contributed by atoms with Crippen molar-refractivity contribution in [1.29, 1.82) is 0 Å². The SMILES string of the molecule is CC(C)c1cc(NC(c2ccc(C(F)(F)F)cc2)C(C)(C)O)n2ncnc2n1. The first-order chi connectivity index (χ1) is 13.0. The second-order valence-electron chi connectivity index (χ2n) is 7.54. The standard InChI is InChI=1S/C19H22F3N5O/c1-11(2)14-9-15(27-17(25-14)23-10-24-27)26-16(18(3,4)28)12-5-7-13(8-6-12)19(20,21)22/h5-11,16,26,28H,1-4H3. The molecule has 0 fully saturated rings. The third-order valence-electron chi connectivity index (χ3n) is 4.43. The van der Waals surface area contributed by atoms with Gasteiger partial charge in [0.05, 0.1) is 22.9 Å². The highest BCUT2D eigenvalue weighted by Gasteiger charge is 2.33. The largest absolute Gasteiger partial charge is 0.416 e. The molecule has 0 aliphatic carbocycles. The molecule has 9 heteroatoms. The Balaban J connectivity index is 2.03. The lowest BCUT2D eigenvalue weighted by Gasteiger charge is -2.31. The Kier molecular flexibility index (Phi) is 5.05. The van der Waals surface area contributed by atoms with Gasteiger partial charge in [0.15, 0.2) is 0 Å². The Morgan fingerprint density at radius 1 is 1.11 bits per heavy atom. The number of rotatable bonds is 5. The predicted molar refractivity (Wildman–Crippen MR) is 99.0 cm³/mol. The van der Waals surface area contributed by atoms with E-state index in [0.29, 0.717) is 17.2 Å². The molecule has 2 heterocycles. The summed E-state index contributed by atoms with van der Waals surface area (Å²) in [7, 11) is 0. The van der Waals surface area contributed by atoms with E-state index in [-0.39, 0.29) is 5.92 Å². The molecule has 0 radical (unpaired) electrons. The van der Waals surface area contributed by atoms with Crippen LogP contribution < -0.4 is 5.32 Å². The van der Waals surface area contributed by atoms with Crippen LogP contribution in [0.5, 0.6) is 0 Å². The number of fused-ring (bicyclic) bond motifs is 1. The number of nitrogens with one attached hydrogen (secondary N) is 1. The number of nitrogens with zero attached hydrogens (tertiary/aromatic N) is 4. The second-order valence-corrected chi connectivity index (χ2v) is 7.54. The lowest BCUT2D eigenvalue weighted by Crippen LogP contribution is -2.35. The number of aromatic nitrogens is 4. The smallest absolute Gasteiger partial charge is 0.388 e. The van der Waals surface area contributed by atoms with Crippen LogP contribution in [0, 0.1) is 0 Å². The molecule has 3 rings (SSSR count). The molecule has 150 valence electrons. The fourth-order valence-electron chi connectivity index (χ4n) is 2.91. The zero-order valence-electron chi connectivity index (χ0n) is 16.0. The normalized spacial score (nSPS) is 13.9. The van der Waals surface area contributed by atoms with Crippen LogP contribution in [0.2, 0.25) is 0 Å². The topological polar surface area (TPSA) is 75.3 Å². The van der Waals surface area contributed by atoms with E-state index in [9.17, 15) is 18.3 Å². The summed E-state index contributed by atoms with van der Waals surface area (Å²) in [6.45, 7) is 7.15. The first-order valence-corrected chi connectivity index (χ1v) is 8.83. The van der Waals surface area contributed by atoms with Gasteiger partial charge < -0.3 is 10.4 Å². The lowest BCUT2D eigenvalue weighted by molar-refractivity contribution is -0.137. The monoisotopic (exact) mass is 393 g/mol. The number of anilines is 1. The summed E-state index contributed by atoms with van der Waals surface area (Å²) in [6.07, 6.45) is -3.05. The molecule has 2 N–H and O–H groups in total. The highest BCUT2D eigenvalue weighted by atomic mass is 19.4. The number of alkyl halides is 3. The molecule has 2 aromatic heterocycles. The molecule has 6 nitrogen and oxygen atoms in total. The van der Waals surface area contributed by atoms with Crippen molar-refractivity contribution in [3.05, 3.63) is 53.5 Å². The van der Waals surface area contributed by atoms with Crippen LogP contribution in [-0.4, -0.2) is 30.3 Å². The highest BCUT2D eigenvalue weighted by Crippen LogP contribution is 2.34. The van der Waals surface area contributed by atoms with Crippen molar-refractivity contribution < 1.29 is 18.3 Å². The van der Waals surface area contributed by atoms with Gasteiger partial charge in [-0.1, -0.05) is 26.0 Å². The van der Waals surface area contributed by atoms with Gasteiger partial charge in [0, 0.05) is 6.07 Å². The van der Waals surface area contributed by atoms with Gasteiger partial charge in [-0.2, -0.15) is 27.8 Å². The second kappa shape index (κ2) is 7.05. The minimum absolute atomic E-state index is 0.133. The summed E-state index contributed by atoms with van der Waals surface area (Å²) in [5, 5.41) is 18.0. The average molecular weight is 393 g/mol. The maximum absolute atomic E-state index is 12.9. The van der Waals surface area contributed by atoms with Gasteiger partial charge in [0.2, 0.25) is 0 Å². The third-order valence-corrected chi connectivity index (χ3v) is 4.43. The van der Waals surface area contributed by atoms with Crippen molar-refractivity contribution in [3.8, 4) is 0 Å². The van der Waals surface area contributed by atoms with Crippen LogP contribution >= 0.6 is 0 Å². The van der Waals surface area contributed by atoms with Gasteiger partial charge >= 0.3 is 6.18 Å². The molecule has 0 amide bonds. The van der Waals surface area contributed by atoms with Gasteiger partial charge in [0.25, 0.3) is 5.78 Å². The fourth-order valence-corrected chi connectivity index (χ4v) is 2.91. The molecule has 0 aliphatic rings. The van der Waals surface area contributed by atoms with Crippen LogP contribution in [0.3, 0.4) is 0 Å². The van der Waals surface area contributed by atoms with Crippen molar-refractivity contribution in [2.45, 2.75) is 51.4 Å². The summed E-state index contributed by atoms with van der Waals surface area (Å²) in [6, 6.07) is 5.85. The molecule has 0 saturated heterocycles. The first kappa shape index (κ1) is 20.1. The zero-order valence-corrected chi connectivity index (χ0v) is 16.0. The molecule has 28 heavy (non-hydrogen) atoms. The molecular formula is C19H22F3N5O. The summed E-state index contributed by atoms with van der Waals surface area (Å²) in [4.78, 5) is 8.55. The molecule has 0 saturated carbocycles. The van der Waals surface area contributed by atoms with Crippen LogP contribution in [0.1, 0.15) is 56.5 Å². The zero-order chi connectivity index (χ0) is 20.7. The van der Waals surface area contributed by atoms with Crippen molar-refractivity contribution in [3.63, 3.8) is 0 Å². The van der Waals surface area contributed by atoms with E-state index in [0.717, 1.165) is 17.8 Å². The number of aliphatic hydroxyl groups is 1. The van der Waals surface area contributed by atoms with E-state index in [1.165, 1.54) is 23.0 Å². The maximum atomic E-state index is 12.9. The summed E-state index contributed by atoms with van der Waals surface area (Å²) >= 11 is 0. The fraction of sp³-hybridized carbons (Fsp3) is 0.421. The number of benzene rings is 1. The summed E-state index contributed by atoms with van der Waals surface area (Å²) in [5.74, 6) is 1.07. The molecule has 1 unspecified atom stereocenters. The van der Waals surface area contributed by atoms with E-state index >= 15 is 0 Å². The van der Waals surface area contributed by atoms with Crippen molar-refractivity contribution in [2.75, 3.05) is 5.32 Å². The third kappa shape index (κ3) is 4.09. The van der Waals surface area contributed by atoms with Crippen LogP contribution in [0.15, 0.2) is 36.7 Å². The van der Waals surface area contributed by atoms with Crippen LogP contribution in [0.4, 0.5) is 19.0 Å². The van der Waals surface area contributed by atoms with Crippen LogP contribution in [0.25, 0.3) is 5.78 Å². The van der Waals surface area contributed by atoms with Gasteiger partial charge in [-0.25, -0.2) is 4.98 Å². The van der Waals surface area contributed by atoms with E-state index in [4.69, 9.17) is 0 Å². The van der Waals surface area contributed by atoms with Gasteiger partial charge in [-0.05, 0) is 37.5 Å². The van der Waals surface area contributed by atoms with Gasteiger partial charge in [0.1, 0.15) is 12.1 Å². The molecule has 3 aromatic rings. The van der Waals surface area contributed by atoms with Gasteiger partial charge in [-0.15, -0.1) is 0 Å². The predicted octanol–water partition coefficient (Wildman–Crippen LogP) is 4.19. The summed E-state index contributed by atoms with van der Waals surface area (Å²) in [5.41, 5.74) is -0.717. The van der Waals surface area contributed by atoms with Crippen LogP contribution in [-0.2, 0) is 6.18 Å². The minimum atomic E-state index is -4.42. The Hall–Kier alpha value is -2.68. The molecule has 1 aromatic carbocycles. The number of hydrogen-bond acceptors (Lipinski definition) is 5. The van der Waals surface area contributed by atoms with Crippen molar-refractivity contribution in [1.82, 2.24) is 19.6 Å². The lowest BCUT2D eigenvalue weighted by atomic mass is 9.91. The minimum Gasteiger partial charge on any atom is -0.388 e. The van der Waals surface area contributed by atoms with E-state index in [1.54, 1.807) is 19.9 Å². The number of hydrogen-bond donors (Lipinski definition) is 2. The Morgan fingerprint density at radius 2 is 1.75 bits per heavy atom. The van der Waals surface area contributed by atoms with Crippen molar-refractivity contribution in [2.24, 2.45) is 0 Å². The van der Waals surface area contributed by atoms with E-state index in [1.807, 2.05) is 13.8 Å². The first-order valence-electron chi connectivity index (χ1n) is 8.83. The molecule has 0 spiro atoms. The van der Waals surface area contributed by atoms with E-state index < -0.39 is 23.4 Å². The molecule has 0 bridgehead atoms. The van der Waals surface area contributed by atoms with E-state index in [2.05, 4.69) is 20.4 Å². The summed E-state index contributed by atoms with van der Waals surface area (Å²) < 4.78 is 40.1. The average Bonchev–Trinajstić information content (AvgIpc) is 3.06. The highest BCUT2D eigenvalue weighted by molar-refractivity contribution is 5.48. The molecule has 1 atom stereocenters. The Bertz CT molecular complexity index is 958. The Morgan fingerprint density at radius 3 is 2.29 bits per heavy atom. The molecular weight excluding hydrogens is 371 g/mol. The van der Waals surface area contributed by atoms with Gasteiger partial charge in [-0.3, -0.25) is 0 Å².